The zero-order valence-electron chi connectivity index (χ0n) is 13.3. The van der Waals surface area contributed by atoms with E-state index in [2.05, 4.69) is 11.4 Å². The third-order valence-corrected chi connectivity index (χ3v) is 4.96. The summed E-state index contributed by atoms with van der Waals surface area (Å²) in [6, 6.07) is 13.5. The van der Waals surface area contributed by atoms with Crippen LogP contribution >= 0.6 is 0 Å². The van der Waals surface area contributed by atoms with Gasteiger partial charge in [-0.15, -0.1) is 0 Å². The first-order chi connectivity index (χ1) is 11.9. The molecule has 0 atom stereocenters. The molecule has 2 amide bonds. The van der Waals surface area contributed by atoms with E-state index in [1.807, 2.05) is 0 Å². The highest BCUT2D eigenvalue weighted by Crippen LogP contribution is 2.31. The highest BCUT2D eigenvalue weighted by molar-refractivity contribution is 7.89. The van der Waals surface area contributed by atoms with Crippen LogP contribution in [0.25, 0.3) is 11.1 Å². The van der Waals surface area contributed by atoms with Gasteiger partial charge in [-0.25, -0.2) is 18.4 Å². The molecule has 0 saturated carbocycles. The van der Waals surface area contributed by atoms with E-state index in [4.69, 9.17) is 10.4 Å². The molecule has 0 unspecified atom stereocenters. The molecular weight excluding hydrogens is 340 g/mol. The number of carbonyl (C=O) groups excluding carboxylic acids is 1. The fourth-order valence-corrected chi connectivity index (χ4v) is 3.51. The molecule has 3 N–H and O–H groups in total. The Bertz CT molecular complexity index is 962. The summed E-state index contributed by atoms with van der Waals surface area (Å²) < 4.78 is 23.9. The van der Waals surface area contributed by atoms with Crippen molar-refractivity contribution in [1.29, 1.82) is 5.26 Å². The normalized spacial score (nSPS) is 14.2. The second-order valence-electron chi connectivity index (χ2n) is 5.64. The SMILES string of the molecule is N#CCc1ccc(-c2cc(N3CCNC3=O)ccc2S(N)(=O)=O)cc1. The van der Waals surface area contributed by atoms with Crippen LogP contribution in [0, 0.1) is 11.3 Å². The summed E-state index contributed by atoms with van der Waals surface area (Å²) in [7, 11) is -3.93. The van der Waals surface area contributed by atoms with Crippen LogP contribution in [-0.2, 0) is 16.4 Å². The van der Waals surface area contributed by atoms with Gasteiger partial charge in [-0.05, 0) is 29.3 Å². The minimum Gasteiger partial charge on any atom is -0.336 e. The molecular formula is C17H16N4O3S. The summed E-state index contributed by atoms with van der Waals surface area (Å²) in [6.07, 6.45) is 0.274. The molecule has 1 aliphatic rings. The van der Waals surface area contributed by atoms with Crippen LogP contribution in [0.3, 0.4) is 0 Å². The number of nitrogens with one attached hydrogen (secondary N) is 1. The Morgan fingerprint density at radius 3 is 2.48 bits per heavy atom. The lowest BCUT2D eigenvalue weighted by Crippen LogP contribution is -2.27. The molecule has 7 nitrogen and oxygen atoms in total. The molecule has 128 valence electrons. The smallest absolute Gasteiger partial charge is 0.321 e. The summed E-state index contributed by atoms with van der Waals surface area (Å²) in [4.78, 5) is 13.4. The minimum atomic E-state index is -3.93. The second kappa shape index (κ2) is 6.55. The van der Waals surface area contributed by atoms with Gasteiger partial charge in [0.1, 0.15) is 0 Å². The third-order valence-electron chi connectivity index (χ3n) is 3.99. The number of benzene rings is 2. The van der Waals surface area contributed by atoms with Gasteiger partial charge in [0.25, 0.3) is 0 Å². The van der Waals surface area contributed by atoms with Gasteiger partial charge in [0.15, 0.2) is 0 Å². The topological polar surface area (TPSA) is 116 Å². The maximum absolute atomic E-state index is 11.9. The van der Waals surface area contributed by atoms with Crippen molar-refractivity contribution in [2.24, 2.45) is 5.14 Å². The Hall–Kier alpha value is -2.89. The van der Waals surface area contributed by atoms with Gasteiger partial charge in [-0.2, -0.15) is 5.26 Å². The number of sulfonamides is 1. The Balaban J connectivity index is 2.11. The average molecular weight is 356 g/mol. The van der Waals surface area contributed by atoms with Gasteiger partial charge in [0.05, 0.1) is 17.4 Å². The first-order valence-corrected chi connectivity index (χ1v) is 9.13. The molecule has 25 heavy (non-hydrogen) atoms. The highest BCUT2D eigenvalue weighted by atomic mass is 32.2. The zero-order chi connectivity index (χ0) is 18.0. The number of urea groups is 1. The van der Waals surface area contributed by atoms with Crippen molar-refractivity contribution >= 4 is 21.7 Å². The van der Waals surface area contributed by atoms with E-state index >= 15 is 0 Å². The third kappa shape index (κ3) is 3.47. The molecule has 0 aromatic heterocycles. The Morgan fingerprint density at radius 2 is 1.92 bits per heavy atom. The number of hydrogen-bond donors (Lipinski definition) is 2. The number of anilines is 1. The van der Waals surface area contributed by atoms with E-state index < -0.39 is 10.0 Å². The fourth-order valence-electron chi connectivity index (χ4n) is 2.77. The van der Waals surface area contributed by atoms with Crippen LogP contribution in [0.1, 0.15) is 5.56 Å². The maximum atomic E-state index is 11.9. The first kappa shape index (κ1) is 17.0. The maximum Gasteiger partial charge on any atom is 0.321 e. The van der Waals surface area contributed by atoms with E-state index in [1.54, 1.807) is 41.3 Å². The van der Waals surface area contributed by atoms with Crippen LogP contribution in [0.2, 0.25) is 0 Å². The molecule has 1 aliphatic heterocycles. The number of hydrogen-bond acceptors (Lipinski definition) is 4. The number of nitrogens with two attached hydrogens (primary N) is 1. The predicted octanol–water partition coefficient (Wildman–Crippen LogP) is 1.60. The molecule has 1 saturated heterocycles. The lowest BCUT2D eigenvalue weighted by atomic mass is 10.0. The fraction of sp³-hybridized carbons (Fsp3) is 0.176. The molecule has 2 aromatic carbocycles. The summed E-state index contributed by atoms with van der Waals surface area (Å²) in [5, 5.41) is 16.8. The van der Waals surface area contributed by atoms with E-state index in [9.17, 15) is 13.2 Å². The molecule has 8 heteroatoms. The molecule has 0 radical (unpaired) electrons. The average Bonchev–Trinajstić information content (AvgIpc) is 3.00. The standard InChI is InChI=1S/C17H16N4O3S/c18-8-7-12-1-3-13(4-2-12)15-11-14(21-10-9-20-17(21)22)5-6-16(15)25(19,23)24/h1-6,11H,7,9-10H2,(H,20,22)(H2,19,23,24). The molecule has 0 bridgehead atoms. The van der Waals surface area contributed by atoms with Crippen molar-refractivity contribution < 1.29 is 13.2 Å². The van der Waals surface area contributed by atoms with Crippen molar-refractivity contribution in [3.8, 4) is 17.2 Å². The van der Waals surface area contributed by atoms with Crippen LogP contribution in [0.4, 0.5) is 10.5 Å². The lowest BCUT2D eigenvalue weighted by Gasteiger charge is -2.17. The van der Waals surface area contributed by atoms with Crippen LogP contribution in [0.5, 0.6) is 0 Å². The Labute approximate surface area is 145 Å². The van der Waals surface area contributed by atoms with Crippen LogP contribution in [-0.4, -0.2) is 27.5 Å². The number of amides is 2. The highest BCUT2D eigenvalue weighted by Gasteiger charge is 2.23. The molecule has 0 aliphatic carbocycles. The largest absolute Gasteiger partial charge is 0.336 e. The van der Waals surface area contributed by atoms with Crippen molar-refractivity contribution in [1.82, 2.24) is 5.32 Å². The van der Waals surface area contributed by atoms with Gasteiger partial charge in [0.2, 0.25) is 10.0 Å². The summed E-state index contributed by atoms with van der Waals surface area (Å²) >= 11 is 0. The van der Waals surface area contributed by atoms with Gasteiger partial charge >= 0.3 is 6.03 Å². The number of primary sulfonamides is 1. The number of rotatable bonds is 4. The monoisotopic (exact) mass is 356 g/mol. The van der Waals surface area contributed by atoms with Gasteiger partial charge < -0.3 is 5.32 Å². The molecule has 3 rings (SSSR count). The molecule has 2 aromatic rings. The van der Waals surface area contributed by atoms with Crippen LogP contribution < -0.4 is 15.4 Å². The summed E-state index contributed by atoms with van der Waals surface area (Å²) in [6.45, 7) is 1.04. The van der Waals surface area contributed by atoms with Crippen molar-refractivity contribution in [2.75, 3.05) is 18.0 Å². The quantitative estimate of drug-likeness (QED) is 0.865. The number of nitriles is 1. The Morgan fingerprint density at radius 1 is 1.20 bits per heavy atom. The summed E-state index contributed by atoms with van der Waals surface area (Å²) in [5.74, 6) is 0. The molecule has 0 spiro atoms. The van der Waals surface area contributed by atoms with Gasteiger partial charge in [-0.3, -0.25) is 4.90 Å². The van der Waals surface area contributed by atoms with Gasteiger partial charge in [-0.1, -0.05) is 24.3 Å². The van der Waals surface area contributed by atoms with E-state index in [0.717, 1.165) is 5.56 Å². The van der Waals surface area contributed by atoms with E-state index in [-0.39, 0.29) is 17.3 Å². The summed E-state index contributed by atoms with van der Waals surface area (Å²) in [5.41, 5.74) is 2.49. The minimum absolute atomic E-state index is 0.0103. The number of nitrogens with zero attached hydrogens (tertiary/aromatic N) is 2. The molecule has 1 fully saturated rings. The number of carbonyl (C=O) groups is 1. The van der Waals surface area contributed by atoms with Crippen molar-refractivity contribution in [2.45, 2.75) is 11.3 Å². The first-order valence-electron chi connectivity index (χ1n) is 7.58. The molecule has 1 heterocycles. The van der Waals surface area contributed by atoms with Crippen molar-refractivity contribution in [3.05, 3.63) is 48.0 Å². The van der Waals surface area contributed by atoms with Crippen molar-refractivity contribution in [3.63, 3.8) is 0 Å². The second-order valence-corrected chi connectivity index (χ2v) is 7.17. The van der Waals surface area contributed by atoms with E-state index in [0.29, 0.717) is 29.9 Å². The van der Waals surface area contributed by atoms with Crippen LogP contribution in [0.15, 0.2) is 47.4 Å². The predicted molar refractivity (Wildman–Crippen MR) is 93.3 cm³/mol. The Kier molecular flexibility index (Phi) is 4.44. The zero-order valence-corrected chi connectivity index (χ0v) is 14.1. The van der Waals surface area contributed by atoms with E-state index in [1.165, 1.54) is 6.07 Å². The van der Waals surface area contributed by atoms with Gasteiger partial charge in [0, 0.05) is 24.3 Å². The lowest BCUT2D eigenvalue weighted by molar-refractivity contribution is 0.252.